The van der Waals surface area contributed by atoms with Crippen LogP contribution in [0.4, 0.5) is 17.2 Å². The molecule has 2 aromatic rings. The van der Waals surface area contributed by atoms with Gasteiger partial charge in [0.1, 0.15) is 5.44 Å². The zero-order valence-corrected chi connectivity index (χ0v) is 19.4. The average molecular weight is 461 g/mol. The summed E-state index contributed by atoms with van der Waals surface area (Å²) in [6.45, 7) is 6.13. The van der Waals surface area contributed by atoms with Gasteiger partial charge in [0.25, 0.3) is 0 Å². The molecule has 1 saturated carbocycles. The molecule has 0 bridgehead atoms. The van der Waals surface area contributed by atoms with Crippen molar-refractivity contribution in [1.82, 2.24) is 9.55 Å². The summed E-state index contributed by atoms with van der Waals surface area (Å²) in [7, 11) is 0. The van der Waals surface area contributed by atoms with Gasteiger partial charge in [-0.05, 0) is 50.8 Å². The number of aliphatic hydroxyl groups excluding tert-OH is 1. The molecule has 0 spiro atoms. The third-order valence-corrected chi connectivity index (χ3v) is 8.99. The number of hydrogen-bond donors (Lipinski definition) is 2. The Morgan fingerprint density at radius 2 is 2.10 bits per heavy atom. The van der Waals surface area contributed by atoms with Gasteiger partial charge in [-0.1, -0.05) is 18.2 Å². The van der Waals surface area contributed by atoms with Crippen molar-refractivity contribution in [3.63, 3.8) is 0 Å². The zero-order valence-electron chi connectivity index (χ0n) is 17.8. The Kier molecular flexibility index (Phi) is 5.94. The highest BCUT2D eigenvalue weighted by Crippen LogP contribution is 2.49. The first-order chi connectivity index (χ1) is 15.1. The standard InChI is InChI=1S/C22H28N4O3S2/c1-3-25(4-2)14-8-9-16-15(10-14)23-20-17(30-16)11-26(22(28)24-20)21-19(13-6-5-7-13)31-18(12-27)29-21/h8-11,13,18-19,21,27H,3-7,12H2,1-2H3,(H,23,24,28)/t18-,19?,21?/m0/s1. The lowest BCUT2D eigenvalue weighted by atomic mass is 9.82. The molecule has 31 heavy (non-hydrogen) atoms. The molecule has 1 aliphatic carbocycles. The van der Waals surface area contributed by atoms with Crippen molar-refractivity contribution in [2.45, 2.75) is 59.8 Å². The van der Waals surface area contributed by atoms with Crippen LogP contribution < -0.4 is 15.9 Å². The fourth-order valence-corrected chi connectivity index (χ4v) is 6.85. The highest BCUT2D eigenvalue weighted by Gasteiger charge is 2.44. The Balaban J connectivity index is 1.45. The number of benzene rings is 1. The van der Waals surface area contributed by atoms with E-state index in [1.165, 1.54) is 6.42 Å². The molecule has 2 aliphatic heterocycles. The van der Waals surface area contributed by atoms with Crippen molar-refractivity contribution in [3.05, 3.63) is 34.9 Å². The second kappa shape index (κ2) is 8.69. The number of ether oxygens (including phenoxy) is 1. The van der Waals surface area contributed by atoms with Gasteiger partial charge in [-0.2, -0.15) is 4.98 Å². The van der Waals surface area contributed by atoms with E-state index in [-0.39, 0.29) is 29.2 Å². The van der Waals surface area contributed by atoms with Gasteiger partial charge in [0, 0.05) is 29.9 Å². The van der Waals surface area contributed by atoms with E-state index in [2.05, 4.69) is 47.2 Å². The summed E-state index contributed by atoms with van der Waals surface area (Å²) < 4.78 is 7.71. The predicted octanol–water partition coefficient (Wildman–Crippen LogP) is 4.05. The highest BCUT2D eigenvalue weighted by molar-refractivity contribution is 8.00. The molecule has 1 aromatic heterocycles. The molecule has 2 N–H and O–H groups in total. The van der Waals surface area contributed by atoms with Crippen LogP contribution in [0.5, 0.6) is 0 Å². The molecule has 1 saturated heterocycles. The maximum absolute atomic E-state index is 13.0. The Morgan fingerprint density at radius 3 is 2.77 bits per heavy atom. The molecule has 7 nitrogen and oxygen atoms in total. The van der Waals surface area contributed by atoms with Crippen LogP contribution in [-0.4, -0.2) is 45.0 Å². The first-order valence-corrected chi connectivity index (χ1v) is 12.8. The van der Waals surface area contributed by atoms with Crippen LogP contribution in [0.2, 0.25) is 0 Å². The van der Waals surface area contributed by atoms with Gasteiger partial charge >= 0.3 is 5.69 Å². The zero-order chi connectivity index (χ0) is 21.5. The van der Waals surface area contributed by atoms with Gasteiger partial charge in [-0.3, -0.25) is 4.57 Å². The first kappa shape index (κ1) is 21.2. The molecule has 2 unspecified atom stereocenters. The van der Waals surface area contributed by atoms with Gasteiger partial charge in [-0.25, -0.2) is 4.79 Å². The topological polar surface area (TPSA) is 79.6 Å². The highest BCUT2D eigenvalue weighted by atomic mass is 32.2. The first-order valence-electron chi connectivity index (χ1n) is 11.0. The van der Waals surface area contributed by atoms with Crippen LogP contribution in [0.3, 0.4) is 0 Å². The molecule has 0 radical (unpaired) electrons. The van der Waals surface area contributed by atoms with Gasteiger partial charge in [-0.15, -0.1) is 11.8 Å². The van der Waals surface area contributed by atoms with Gasteiger partial charge in [0.15, 0.2) is 12.0 Å². The number of anilines is 3. The fourth-order valence-electron chi connectivity index (χ4n) is 4.46. The average Bonchev–Trinajstić information content (AvgIpc) is 3.15. The van der Waals surface area contributed by atoms with Crippen LogP contribution in [0, 0.1) is 5.92 Å². The number of hydrogen-bond acceptors (Lipinski definition) is 8. The molecule has 0 amide bonds. The quantitative estimate of drug-likeness (QED) is 0.570. The summed E-state index contributed by atoms with van der Waals surface area (Å²) in [5.41, 5.74) is 1.53. The number of aromatic nitrogens is 2. The van der Waals surface area contributed by atoms with E-state index in [0.29, 0.717) is 11.7 Å². The van der Waals surface area contributed by atoms with Crippen LogP contribution >= 0.6 is 23.5 Å². The second-order valence-corrected chi connectivity index (χ2v) is 10.6. The van der Waals surface area contributed by atoms with Crippen LogP contribution in [0.25, 0.3) is 0 Å². The van der Waals surface area contributed by atoms with Crippen molar-refractivity contribution in [3.8, 4) is 0 Å². The molecule has 5 rings (SSSR count). The summed E-state index contributed by atoms with van der Waals surface area (Å²) in [4.78, 5) is 21.7. The predicted molar refractivity (Wildman–Crippen MR) is 126 cm³/mol. The minimum Gasteiger partial charge on any atom is -0.393 e. The van der Waals surface area contributed by atoms with Crippen molar-refractivity contribution < 1.29 is 9.84 Å². The Hall–Kier alpha value is -1.68. The molecule has 3 aliphatic rings. The molecule has 3 heterocycles. The second-order valence-electron chi connectivity index (χ2n) is 8.15. The van der Waals surface area contributed by atoms with Gasteiger partial charge < -0.3 is 20.1 Å². The number of thioether (sulfide) groups is 1. The Morgan fingerprint density at radius 1 is 1.29 bits per heavy atom. The maximum atomic E-state index is 13.0. The van der Waals surface area contributed by atoms with Crippen LogP contribution in [0.15, 0.2) is 39.0 Å². The van der Waals surface area contributed by atoms with E-state index >= 15 is 0 Å². The third-order valence-electron chi connectivity index (χ3n) is 6.40. The van der Waals surface area contributed by atoms with Crippen molar-refractivity contribution in [1.29, 1.82) is 0 Å². The van der Waals surface area contributed by atoms with E-state index in [4.69, 9.17) is 4.74 Å². The number of nitrogens with one attached hydrogen (secondary N) is 1. The fraction of sp³-hybridized carbons (Fsp3) is 0.545. The van der Waals surface area contributed by atoms with Crippen molar-refractivity contribution >= 4 is 40.7 Å². The molecular formula is C22H28N4O3S2. The van der Waals surface area contributed by atoms with E-state index in [1.807, 2.05) is 6.20 Å². The summed E-state index contributed by atoms with van der Waals surface area (Å²) in [6, 6.07) is 6.39. The molecular weight excluding hydrogens is 432 g/mol. The molecule has 2 fully saturated rings. The van der Waals surface area contributed by atoms with E-state index in [9.17, 15) is 9.90 Å². The molecule has 166 valence electrons. The Labute approximate surface area is 190 Å². The van der Waals surface area contributed by atoms with E-state index in [1.54, 1.807) is 28.1 Å². The minimum absolute atomic E-state index is 0.0456. The van der Waals surface area contributed by atoms with Gasteiger partial charge in [0.2, 0.25) is 0 Å². The lowest BCUT2D eigenvalue weighted by Crippen LogP contribution is -2.36. The number of aliphatic hydroxyl groups is 1. The third kappa shape index (κ3) is 3.86. The smallest absolute Gasteiger partial charge is 0.351 e. The molecule has 9 heteroatoms. The van der Waals surface area contributed by atoms with E-state index < -0.39 is 0 Å². The monoisotopic (exact) mass is 460 g/mol. The lowest BCUT2D eigenvalue weighted by Gasteiger charge is -2.33. The normalized spacial score (nSPS) is 24.8. The van der Waals surface area contributed by atoms with Gasteiger partial charge in [0.05, 0.1) is 22.4 Å². The summed E-state index contributed by atoms with van der Waals surface area (Å²) in [5.74, 6) is 1.12. The summed E-state index contributed by atoms with van der Waals surface area (Å²) >= 11 is 3.27. The molecule has 1 aromatic carbocycles. The Bertz CT molecular complexity index is 1020. The number of nitrogens with zero attached hydrogens (tertiary/aromatic N) is 3. The number of fused-ring (bicyclic) bond motifs is 2. The van der Waals surface area contributed by atoms with Crippen molar-refractivity contribution in [2.75, 3.05) is 29.9 Å². The van der Waals surface area contributed by atoms with E-state index in [0.717, 1.165) is 47.1 Å². The SMILES string of the molecule is CCN(CC)c1ccc2c(c1)Nc1nc(=O)n(C3O[C@H](CO)SC3C3CCC3)cc1S2. The lowest BCUT2D eigenvalue weighted by molar-refractivity contribution is -0.0302. The van der Waals surface area contributed by atoms with Crippen molar-refractivity contribution in [2.24, 2.45) is 5.92 Å². The summed E-state index contributed by atoms with van der Waals surface area (Å²) in [5, 5.41) is 13.2. The maximum Gasteiger partial charge on any atom is 0.351 e. The van der Waals surface area contributed by atoms with Crippen LogP contribution in [0.1, 0.15) is 39.3 Å². The number of rotatable bonds is 6. The van der Waals surface area contributed by atoms with Crippen LogP contribution in [-0.2, 0) is 4.74 Å². The molecule has 3 atom stereocenters. The largest absolute Gasteiger partial charge is 0.393 e. The minimum atomic E-state index is -0.384. The summed E-state index contributed by atoms with van der Waals surface area (Å²) in [6.07, 6.45) is 5.02.